The number of hydrogen-bond acceptors (Lipinski definition) is 3. The number of benzene rings is 1. The Hall–Kier alpha value is -1.87. The summed E-state index contributed by atoms with van der Waals surface area (Å²) in [5, 5.41) is 0. The third kappa shape index (κ3) is 3.17. The van der Waals surface area contributed by atoms with Gasteiger partial charge in [-0.15, -0.1) is 0 Å². The van der Waals surface area contributed by atoms with E-state index in [1.54, 1.807) is 7.11 Å². The summed E-state index contributed by atoms with van der Waals surface area (Å²) in [7, 11) is 1.72. The third-order valence-corrected chi connectivity index (χ3v) is 3.80. The maximum atomic E-state index is 5.99. The molecule has 1 aromatic heterocycles. The summed E-state index contributed by atoms with van der Waals surface area (Å²) in [6, 6.07) is 8.37. The summed E-state index contributed by atoms with van der Waals surface area (Å²) in [6.45, 7) is 4.82. The number of pyridine rings is 1. The minimum atomic E-state index is 0.256. The van der Waals surface area contributed by atoms with Gasteiger partial charge in [-0.2, -0.15) is 0 Å². The van der Waals surface area contributed by atoms with Crippen LogP contribution in [0.15, 0.2) is 36.7 Å². The van der Waals surface area contributed by atoms with Gasteiger partial charge >= 0.3 is 0 Å². The first-order valence-electron chi connectivity index (χ1n) is 6.89. The van der Waals surface area contributed by atoms with Crippen LogP contribution in [-0.2, 0) is 6.42 Å². The number of aromatic nitrogens is 1. The van der Waals surface area contributed by atoms with E-state index in [4.69, 9.17) is 10.5 Å². The Kier molecular flexibility index (Phi) is 4.74. The van der Waals surface area contributed by atoms with Gasteiger partial charge in [-0.05, 0) is 67.3 Å². The highest BCUT2D eigenvalue weighted by molar-refractivity contribution is 5.44. The molecular weight excluding hydrogens is 248 g/mol. The summed E-state index contributed by atoms with van der Waals surface area (Å²) in [5.74, 6) is 1.18. The third-order valence-electron chi connectivity index (χ3n) is 3.80. The van der Waals surface area contributed by atoms with Crippen LogP contribution in [0, 0.1) is 13.8 Å². The highest BCUT2D eigenvalue weighted by Crippen LogP contribution is 2.31. The molecule has 3 nitrogen and oxygen atoms in total. The van der Waals surface area contributed by atoms with Gasteiger partial charge in [0.15, 0.2) is 0 Å². The number of nitrogens with zero attached hydrogens (tertiary/aromatic N) is 1. The van der Waals surface area contributed by atoms with Gasteiger partial charge in [-0.25, -0.2) is 0 Å². The second-order valence-corrected chi connectivity index (χ2v) is 5.17. The van der Waals surface area contributed by atoms with Gasteiger partial charge in [-0.3, -0.25) is 4.98 Å². The molecule has 106 valence electrons. The summed E-state index contributed by atoms with van der Waals surface area (Å²) < 4.78 is 5.53. The predicted octanol–water partition coefficient (Wildman–Crippen LogP) is 2.99. The summed E-state index contributed by atoms with van der Waals surface area (Å²) in [6.07, 6.45) is 4.54. The van der Waals surface area contributed by atoms with Gasteiger partial charge in [0, 0.05) is 18.3 Å². The Labute approximate surface area is 120 Å². The number of hydrogen-bond donors (Lipinski definition) is 1. The molecule has 0 bridgehead atoms. The minimum absolute atomic E-state index is 0.256. The number of methoxy groups -OCH3 is 1. The molecule has 0 fully saturated rings. The molecule has 2 N–H and O–H groups in total. The van der Waals surface area contributed by atoms with Gasteiger partial charge < -0.3 is 10.5 Å². The summed E-state index contributed by atoms with van der Waals surface area (Å²) in [4.78, 5) is 4.05. The van der Waals surface area contributed by atoms with Crippen molar-refractivity contribution in [1.82, 2.24) is 4.98 Å². The molecule has 1 unspecified atom stereocenters. The molecule has 1 heterocycles. The second-order valence-electron chi connectivity index (χ2n) is 5.17. The van der Waals surface area contributed by atoms with Crippen LogP contribution in [0.5, 0.6) is 5.75 Å². The second kappa shape index (κ2) is 6.53. The largest absolute Gasteiger partial charge is 0.496 e. The number of aryl methyl sites for hydroxylation is 2. The molecule has 0 saturated carbocycles. The van der Waals surface area contributed by atoms with E-state index < -0.39 is 0 Å². The summed E-state index contributed by atoms with van der Waals surface area (Å²) in [5.41, 5.74) is 10.9. The lowest BCUT2D eigenvalue weighted by Gasteiger charge is -2.20. The van der Waals surface area contributed by atoms with Crippen molar-refractivity contribution in [2.24, 2.45) is 5.73 Å². The Morgan fingerprint density at radius 3 is 2.40 bits per heavy atom. The zero-order valence-corrected chi connectivity index (χ0v) is 12.4. The van der Waals surface area contributed by atoms with Gasteiger partial charge in [0.2, 0.25) is 0 Å². The van der Waals surface area contributed by atoms with Crippen molar-refractivity contribution in [1.29, 1.82) is 0 Å². The molecule has 0 saturated heterocycles. The van der Waals surface area contributed by atoms with E-state index in [0.717, 1.165) is 12.2 Å². The molecule has 20 heavy (non-hydrogen) atoms. The van der Waals surface area contributed by atoms with Gasteiger partial charge in [0.05, 0.1) is 7.11 Å². The Morgan fingerprint density at radius 1 is 1.15 bits per heavy atom. The van der Waals surface area contributed by atoms with Crippen molar-refractivity contribution in [2.75, 3.05) is 13.7 Å². The van der Waals surface area contributed by atoms with E-state index in [2.05, 4.69) is 31.0 Å². The summed E-state index contributed by atoms with van der Waals surface area (Å²) >= 11 is 0. The van der Waals surface area contributed by atoms with Gasteiger partial charge in [0.25, 0.3) is 0 Å². The first-order valence-corrected chi connectivity index (χ1v) is 6.89. The monoisotopic (exact) mass is 270 g/mol. The highest BCUT2D eigenvalue weighted by Gasteiger charge is 2.16. The molecule has 3 heteroatoms. The number of nitrogens with two attached hydrogens (primary N) is 1. The maximum absolute atomic E-state index is 5.99. The normalized spacial score (nSPS) is 12.2. The molecule has 2 rings (SSSR count). The van der Waals surface area contributed by atoms with E-state index >= 15 is 0 Å². The van der Waals surface area contributed by atoms with Crippen LogP contribution in [0.1, 0.15) is 28.2 Å². The molecule has 0 spiro atoms. The lowest BCUT2D eigenvalue weighted by Crippen LogP contribution is -2.16. The average Bonchev–Trinajstić information content (AvgIpc) is 2.48. The van der Waals surface area contributed by atoms with Crippen LogP contribution in [0.3, 0.4) is 0 Å². The smallest absolute Gasteiger partial charge is 0.122 e. The fourth-order valence-electron chi connectivity index (χ4n) is 2.43. The van der Waals surface area contributed by atoms with E-state index in [1.807, 2.05) is 24.5 Å². The van der Waals surface area contributed by atoms with E-state index in [0.29, 0.717) is 6.54 Å². The first kappa shape index (κ1) is 14.5. The molecular formula is C17H22N2O. The Bertz CT molecular complexity index is 567. The zero-order valence-electron chi connectivity index (χ0n) is 12.4. The van der Waals surface area contributed by atoms with Crippen LogP contribution < -0.4 is 10.5 Å². The fourth-order valence-corrected chi connectivity index (χ4v) is 2.43. The van der Waals surface area contributed by atoms with Crippen molar-refractivity contribution in [2.45, 2.75) is 26.2 Å². The topological polar surface area (TPSA) is 48.1 Å². The predicted molar refractivity (Wildman–Crippen MR) is 82.2 cm³/mol. The molecule has 0 amide bonds. The highest BCUT2D eigenvalue weighted by atomic mass is 16.5. The minimum Gasteiger partial charge on any atom is -0.496 e. The van der Waals surface area contributed by atoms with Crippen molar-refractivity contribution in [3.05, 3.63) is 58.9 Å². The molecule has 0 aliphatic heterocycles. The quantitative estimate of drug-likeness (QED) is 0.908. The van der Waals surface area contributed by atoms with E-state index in [-0.39, 0.29) is 5.92 Å². The van der Waals surface area contributed by atoms with E-state index in [1.165, 1.54) is 22.3 Å². The average molecular weight is 270 g/mol. The Morgan fingerprint density at radius 2 is 1.80 bits per heavy atom. The SMILES string of the molecule is COc1cc(C)c(C)cc1C(CN)Cc1ccncc1. The van der Waals surface area contributed by atoms with Crippen molar-refractivity contribution < 1.29 is 4.74 Å². The van der Waals surface area contributed by atoms with Crippen LogP contribution in [0.25, 0.3) is 0 Å². The first-order chi connectivity index (χ1) is 9.65. The standard InChI is InChI=1S/C17H22N2O/c1-12-8-16(17(20-3)9-13(12)2)15(11-18)10-14-4-6-19-7-5-14/h4-9,15H,10-11,18H2,1-3H3. The van der Waals surface area contributed by atoms with Gasteiger partial charge in [0.1, 0.15) is 5.75 Å². The van der Waals surface area contributed by atoms with Crippen molar-refractivity contribution in [3.8, 4) is 5.75 Å². The lowest BCUT2D eigenvalue weighted by atomic mass is 9.89. The van der Waals surface area contributed by atoms with Crippen LogP contribution in [-0.4, -0.2) is 18.6 Å². The number of rotatable bonds is 5. The number of ether oxygens (including phenoxy) is 1. The molecule has 2 aromatic rings. The van der Waals surface area contributed by atoms with Crippen LogP contribution in [0.2, 0.25) is 0 Å². The molecule has 1 aromatic carbocycles. The van der Waals surface area contributed by atoms with Crippen molar-refractivity contribution in [3.63, 3.8) is 0 Å². The van der Waals surface area contributed by atoms with Crippen molar-refractivity contribution >= 4 is 0 Å². The van der Waals surface area contributed by atoms with Crippen LogP contribution >= 0.6 is 0 Å². The fraction of sp³-hybridized carbons (Fsp3) is 0.353. The lowest BCUT2D eigenvalue weighted by molar-refractivity contribution is 0.404. The molecule has 0 radical (unpaired) electrons. The van der Waals surface area contributed by atoms with Crippen LogP contribution in [0.4, 0.5) is 0 Å². The Balaban J connectivity index is 2.34. The molecule has 1 atom stereocenters. The zero-order chi connectivity index (χ0) is 14.5. The molecule has 0 aliphatic carbocycles. The van der Waals surface area contributed by atoms with E-state index in [9.17, 15) is 0 Å². The molecule has 0 aliphatic rings. The maximum Gasteiger partial charge on any atom is 0.122 e. The van der Waals surface area contributed by atoms with Gasteiger partial charge in [-0.1, -0.05) is 6.07 Å².